The molecule has 3 aromatic rings. The zero-order chi connectivity index (χ0) is 19.6. The lowest BCUT2D eigenvalue weighted by Gasteiger charge is -2.08. The van der Waals surface area contributed by atoms with Crippen molar-refractivity contribution in [3.8, 4) is 0 Å². The predicted molar refractivity (Wildman–Crippen MR) is 108 cm³/mol. The molecule has 0 bridgehead atoms. The number of hydrazone groups is 1. The third kappa shape index (κ3) is 3.66. The molecule has 0 unspecified atom stereocenters. The van der Waals surface area contributed by atoms with Crippen LogP contribution in [0.1, 0.15) is 25.3 Å². The zero-order valence-electron chi connectivity index (χ0n) is 15.4. The van der Waals surface area contributed by atoms with Crippen LogP contribution in [0.2, 0.25) is 5.02 Å². The molecule has 0 fully saturated rings. The SMILES string of the molecule is CCCCn1c(NN=Cc2ccc(Cl)cc2)nc2c1c(=O)n(C)c(=O)n2C. The maximum atomic E-state index is 12.6. The fraction of sp³-hybridized carbons (Fsp3) is 0.333. The van der Waals surface area contributed by atoms with Crippen molar-refractivity contribution in [3.05, 3.63) is 55.7 Å². The van der Waals surface area contributed by atoms with Gasteiger partial charge in [0.1, 0.15) is 0 Å². The van der Waals surface area contributed by atoms with Crippen LogP contribution in [0.25, 0.3) is 11.2 Å². The van der Waals surface area contributed by atoms with Crippen molar-refractivity contribution >= 4 is 34.9 Å². The smallest absolute Gasteiger partial charge is 0.303 e. The lowest BCUT2D eigenvalue weighted by molar-refractivity contribution is 0.641. The Morgan fingerprint density at radius 1 is 1.19 bits per heavy atom. The fourth-order valence-corrected chi connectivity index (χ4v) is 2.91. The molecule has 9 heteroatoms. The topological polar surface area (TPSA) is 86.2 Å². The van der Waals surface area contributed by atoms with Crippen LogP contribution in [-0.2, 0) is 20.6 Å². The summed E-state index contributed by atoms with van der Waals surface area (Å²) < 4.78 is 4.24. The Morgan fingerprint density at radius 2 is 1.89 bits per heavy atom. The highest BCUT2D eigenvalue weighted by molar-refractivity contribution is 6.30. The van der Waals surface area contributed by atoms with E-state index in [0.29, 0.717) is 28.7 Å². The van der Waals surface area contributed by atoms with Gasteiger partial charge in [-0.3, -0.25) is 13.9 Å². The van der Waals surface area contributed by atoms with E-state index in [9.17, 15) is 9.59 Å². The summed E-state index contributed by atoms with van der Waals surface area (Å²) >= 11 is 5.88. The average molecular weight is 389 g/mol. The van der Waals surface area contributed by atoms with Gasteiger partial charge in [-0.1, -0.05) is 37.1 Å². The number of aromatic nitrogens is 4. The maximum absolute atomic E-state index is 12.6. The lowest BCUT2D eigenvalue weighted by Crippen LogP contribution is -2.37. The van der Waals surface area contributed by atoms with E-state index < -0.39 is 5.69 Å². The molecule has 2 heterocycles. The third-order valence-corrected chi connectivity index (χ3v) is 4.58. The number of hydrogen-bond donors (Lipinski definition) is 1. The minimum atomic E-state index is -0.413. The molecule has 0 saturated carbocycles. The van der Waals surface area contributed by atoms with E-state index in [0.717, 1.165) is 23.0 Å². The second kappa shape index (κ2) is 7.79. The van der Waals surface area contributed by atoms with Crippen LogP contribution in [0.15, 0.2) is 39.0 Å². The van der Waals surface area contributed by atoms with Crippen molar-refractivity contribution in [2.75, 3.05) is 5.43 Å². The number of hydrogen-bond acceptors (Lipinski definition) is 5. The first-order valence-corrected chi connectivity index (χ1v) is 9.02. The second-order valence-corrected chi connectivity index (χ2v) is 6.68. The average Bonchev–Trinajstić information content (AvgIpc) is 3.03. The zero-order valence-corrected chi connectivity index (χ0v) is 16.2. The van der Waals surface area contributed by atoms with Crippen LogP contribution in [0.3, 0.4) is 0 Å². The Labute approximate surface area is 160 Å². The van der Waals surface area contributed by atoms with Gasteiger partial charge >= 0.3 is 5.69 Å². The molecule has 3 rings (SSSR count). The number of imidazole rings is 1. The molecule has 0 aliphatic rings. The molecule has 0 radical (unpaired) electrons. The Hall–Kier alpha value is -2.87. The fourth-order valence-electron chi connectivity index (χ4n) is 2.78. The second-order valence-electron chi connectivity index (χ2n) is 6.24. The van der Waals surface area contributed by atoms with Gasteiger partial charge in [-0.15, -0.1) is 0 Å². The van der Waals surface area contributed by atoms with Crippen molar-refractivity contribution < 1.29 is 0 Å². The van der Waals surface area contributed by atoms with Crippen LogP contribution in [0.4, 0.5) is 5.95 Å². The summed E-state index contributed by atoms with van der Waals surface area (Å²) in [6.07, 6.45) is 3.46. The van der Waals surface area contributed by atoms with Crippen LogP contribution in [-0.4, -0.2) is 24.9 Å². The standard InChI is InChI=1S/C18H21ClN6O2/c1-4-5-10-25-14-15(23(2)18(27)24(3)16(14)26)21-17(25)22-20-11-12-6-8-13(19)9-7-12/h6-9,11H,4-5,10H2,1-3H3,(H,21,22). The van der Waals surface area contributed by atoms with E-state index in [1.54, 1.807) is 30.0 Å². The molecule has 0 amide bonds. The predicted octanol–water partition coefficient (Wildman–Crippen LogP) is 2.33. The Kier molecular flexibility index (Phi) is 5.46. The van der Waals surface area contributed by atoms with E-state index in [4.69, 9.17) is 11.6 Å². The van der Waals surface area contributed by atoms with Gasteiger partial charge < -0.3 is 4.57 Å². The summed E-state index contributed by atoms with van der Waals surface area (Å²) in [6.45, 7) is 2.66. The lowest BCUT2D eigenvalue weighted by atomic mass is 10.2. The summed E-state index contributed by atoms with van der Waals surface area (Å²) in [5.41, 5.74) is 3.70. The minimum Gasteiger partial charge on any atom is -0.303 e. The van der Waals surface area contributed by atoms with Crippen molar-refractivity contribution in [1.29, 1.82) is 0 Å². The summed E-state index contributed by atoms with van der Waals surface area (Å²) in [4.78, 5) is 29.3. The monoisotopic (exact) mass is 388 g/mol. The molecule has 2 aromatic heterocycles. The Bertz CT molecular complexity index is 1110. The third-order valence-electron chi connectivity index (χ3n) is 4.33. The minimum absolute atomic E-state index is 0.336. The van der Waals surface area contributed by atoms with Crippen molar-refractivity contribution in [3.63, 3.8) is 0 Å². The van der Waals surface area contributed by atoms with Crippen LogP contribution >= 0.6 is 11.6 Å². The first-order valence-electron chi connectivity index (χ1n) is 8.65. The molecule has 0 atom stereocenters. The van der Waals surface area contributed by atoms with E-state index in [2.05, 4.69) is 22.4 Å². The van der Waals surface area contributed by atoms with Crippen molar-refractivity contribution in [2.24, 2.45) is 19.2 Å². The number of nitrogens with one attached hydrogen (secondary N) is 1. The van der Waals surface area contributed by atoms with Crippen LogP contribution < -0.4 is 16.7 Å². The molecule has 0 aliphatic carbocycles. The Balaban J connectivity index is 2.04. The number of unbranched alkanes of at least 4 members (excludes halogenated alkanes) is 1. The number of benzene rings is 1. The molecular formula is C18H21ClN6O2. The molecular weight excluding hydrogens is 368 g/mol. The van der Waals surface area contributed by atoms with E-state index >= 15 is 0 Å². The van der Waals surface area contributed by atoms with Crippen molar-refractivity contribution in [2.45, 2.75) is 26.3 Å². The summed E-state index contributed by atoms with van der Waals surface area (Å²) in [6, 6.07) is 7.23. The molecule has 142 valence electrons. The van der Waals surface area contributed by atoms with Gasteiger partial charge in [0, 0.05) is 25.7 Å². The van der Waals surface area contributed by atoms with E-state index in [-0.39, 0.29) is 5.56 Å². The quantitative estimate of drug-likeness (QED) is 0.518. The summed E-state index contributed by atoms with van der Waals surface area (Å²) in [7, 11) is 3.06. The number of rotatable bonds is 6. The Morgan fingerprint density at radius 3 is 2.56 bits per heavy atom. The van der Waals surface area contributed by atoms with Gasteiger partial charge in [0.2, 0.25) is 5.95 Å². The number of halogens is 1. The molecule has 0 spiro atoms. The number of anilines is 1. The van der Waals surface area contributed by atoms with E-state index in [1.807, 2.05) is 12.1 Å². The van der Waals surface area contributed by atoms with Gasteiger partial charge in [-0.2, -0.15) is 10.1 Å². The van der Waals surface area contributed by atoms with Gasteiger partial charge in [-0.05, 0) is 24.1 Å². The maximum Gasteiger partial charge on any atom is 0.332 e. The highest BCUT2D eigenvalue weighted by Crippen LogP contribution is 2.17. The van der Waals surface area contributed by atoms with Gasteiger partial charge in [0.25, 0.3) is 5.56 Å². The normalized spacial score (nSPS) is 11.6. The summed E-state index contributed by atoms with van der Waals surface area (Å²) in [5.74, 6) is 0.418. The van der Waals surface area contributed by atoms with Gasteiger partial charge in [0.15, 0.2) is 11.2 Å². The number of fused-ring (bicyclic) bond motifs is 1. The highest BCUT2D eigenvalue weighted by atomic mass is 35.5. The molecule has 1 N–H and O–H groups in total. The molecule has 1 aromatic carbocycles. The molecule has 0 aliphatic heterocycles. The molecule has 0 saturated heterocycles. The molecule has 8 nitrogen and oxygen atoms in total. The van der Waals surface area contributed by atoms with Crippen molar-refractivity contribution in [1.82, 2.24) is 18.7 Å². The highest BCUT2D eigenvalue weighted by Gasteiger charge is 2.18. The summed E-state index contributed by atoms with van der Waals surface area (Å²) in [5, 5.41) is 4.86. The first-order chi connectivity index (χ1) is 12.9. The number of aryl methyl sites for hydroxylation is 2. The number of nitrogens with zero attached hydrogens (tertiary/aromatic N) is 5. The first kappa shape index (κ1) is 18.9. The van der Waals surface area contributed by atoms with Crippen LogP contribution in [0, 0.1) is 0 Å². The largest absolute Gasteiger partial charge is 0.332 e. The van der Waals surface area contributed by atoms with E-state index in [1.165, 1.54) is 11.6 Å². The van der Waals surface area contributed by atoms with Gasteiger partial charge in [-0.25, -0.2) is 10.2 Å². The van der Waals surface area contributed by atoms with Crippen LogP contribution in [0.5, 0.6) is 0 Å². The molecule has 27 heavy (non-hydrogen) atoms. The van der Waals surface area contributed by atoms with Gasteiger partial charge in [0.05, 0.1) is 6.21 Å².